The molecule has 1 saturated heterocycles. The fraction of sp³-hybridized carbons (Fsp3) is 0.471. The predicted octanol–water partition coefficient (Wildman–Crippen LogP) is 1.65. The number of amides is 2. The van der Waals surface area contributed by atoms with Crippen molar-refractivity contribution in [3.05, 3.63) is 35.4 Å². The third kappa shape index (κ3) is 4.12. The Morgan fingerprint density at radius 1 is 1.24 bits per heavy atom. The van der Waals surface area contributed by atoms with Crippen LogP contribution in [0, 0.1) is 23.5 Å². The van der Waals surface area contributed by atoms with Gasteiger partial charge >= 0.3 is 5.97 Å². The van der Waals surface area contributed by atoms with Gasteiger partial charge in [0.1, 0.15) is 23.2 Å². The predicted molar refractivity (Wildman–Crippen MR) is 84.8 cm³/mol. The van der Waals surface area contributed by atoms with Gasteiger partial charge in [-0.25, -0.2) is 8.78 Å². The Morgan fingerprint density at radius 3 is 2.32 bits per heavy atom. The lowest BCUT2D eigenvalue weighted by atomic mass is 10.0. The van der Waals surface area contributed by atoms with Crippen molar-refractivity contribution in [2.75, 3.05) is 13.1 Å². The van der Waals surface area contributed by atoms with Crippen LogP contribution in [0.2, 0.25) is 0 Å². The van der Waals surface area contributed by atoms with E-state index in [-0.39, 0.29) is 19.0 Å². The van der Waals surface area contributed by atoms with E-state index in [4.69, 9.17) is 5.11 Å². The van der Waals surface area contributed by atoms with E-state index in [1.54, 1.807) is 13.8 Å². The van der Waals surface area contributed by atoms with Crippen molar-refractivity contribution in [2.24, 2.45) is 11.8 Å². The lowest BCUT2D eigenvalue weighted by molar-refractivity contribution is -0.141. The molecule has 0 aliphatic carbocycles. The van der Waals surface area contributed by atoms with Crippen molar-refractivity contribution in [1.29, 1.82) is 0 Å². The van der Waals surface area contributed by atoms with Crippen molar-refractivity contribution < 1.29 is 28.3 Å². The molecule has 1 fully saturated rings. The highest BCUT2D eigenvalue weighted by Gasteiger charge is 2.36. The Bertz CT molecular complexity index is 673. The second-order valence-corrected chi connectivity index (χ2v) is 6.40. The maximum absolute atomic E-state index is 13.7. The fourth-order valence-electron chi connectivity index (χ4n) is 2.80. The molecule has 1 heterocycles. The van der Waals surface area contributed by atoms with Crippen LogP contribution in [-0.4, -0.2) is 46.9 Å². The SMILES string of the molecule is CC(C)C(NC(=O)c1c(F)cccc1F)C(=O)N1CCC(C(=O)O)C1. The Kier molecular flexibility index (Phi) is 5.71. The van der Waals surface area contributed by atoms with Crippen molar-refractivity contribution >= 4 is 17.8 Å². The van der Waals surface area contributed by atoms with E-state index in [1.807, 2.05) is 0 Å². The number of likely N-dealkylation sites (tertiary alicyclic amines) is 1. The first kappa shape index (κ1) is 18.8. The summed E-state index contributed by atoms with van der Waals surface area (Å²) >= 11 is 0. The summed E-state index contributed by atoms with van der Waals surface area (Å²) in [5, 5.41) is 11.4. The fourth-order valence-corrected chi connectivity index (χ4v) is 2.80. The molecule has 0 saturated carbocycles. The lowest BCUT2D eigenvalue weighted by Gasteiger charge is -2.27. The summed E-state index contributed by atoms with van der Waals surface area (Å²) < 4.78 is 27.5. The Labute approximate surface area is 143 Å². The van der Waals surface area contributed by atoms with E-state index in [1.165, 1.54) is 4.90 Å². The zero-order valence-electron chi connectivity index (χ0n) is 14.0. The van der Waals surface area contributed by atoms with Gasteiger partial charge in [-0.2, -0.15) is 0 Å². The first-order chi connectivity index (χ1) is 11.7. The molecule has 2 unspecified atom stereocenters. The molecule has 0 spiro atoms. The van der Waals surface area contributed by atoms with Crippen LogP contribution in [0.15, 0.2) is 18.2 Å². The molecule has 25 heavy (non-hydrogen) atoms. The third-order valence-corrected chi connectivity index (χ3v) is 4.26. The summed E-state index contributed by atoms with van der Waals surface area (Å²) in [6, 6.07) is 2.06. The minimum atomic E-state index is -1.02. The first-order valence-corrected chi connectivity index (χ1v) is 7.98. The maximum atomic E-state index is 13.7. The summed E-state index contributed by atoms with van der Waals surface area (Å²) in [6.07, 6.45) is 0.335. The van der Waals surface area contributed by atoms with Gasteiger partial charge in [0.2, 0.25) is 5.91 Å². The van der Waals surface area contributed by atoms with Gasteiger partial charge in [0, 0.05) is 13.1 Å². The summed E-state index contributed by atoms with van der Waals surface area (Å²) in [6.45, 7) is 3.70. The average Bonchev–Trinajstić information content (AvgIpc) is 3.01. The number of hydrogen-bond acceptors (Lipinski definition) is 3. The standard InChI is InChI=1S/C17H20F2N2O4/c1-9(2)14(16(23)21-7-6-10(8-21)17(24)25)20-15(22)13-11(18)4-3-5-12(13)19/h3-5,9-10,14H,6-8H2,1-2H3,(H,20,22)(H,24,25). The second-order valence-electron chi connectivity index (χ2n) is 6.40. The first-order valence-electron chi connectivity index (χ1n) is 7.98. The number of halogens is 2. The molecule has 1 aliphatic heterocycles. The quantitative estimate of drug-likeness (QED) is 0.842. The van der Waals surface area contributed by atoms with Crippen LogP contribution in [-0.2, 0) is 9.59 Å². The zero-order chi connectivity index (χ0) is 18.7. The number of carbonyl (C=O) groups excluding carboxylic acids is 2. The van der Waals surface area contributed by atoms with Gasteiger partial charge in [-0.15, -0.1) is 0 Å². The van der Waals surface area contributed by atoms with Crippen molar-refractivity contribution in [1.82, 2.24) is 10.2 Å². The molecule has 6 nitrogen and oxygen atoms in total. The van der Waals surface area contributed by atoms with Gasteiger partial charge in [0.05, 0.1) is 5.92 Å². The van der Waals surface area contributed by atoms with E-state index in [2.05, 4.69) is 5.32 Å². The van der Waals surface area contributed by atoms with Crippen LogP contribution in [0.1, 0.15) is 30.6 Å². The van der Waals surface area contributed by atoms with Crippen LogP contribution in [0.3, 0.4) is 0 Å². The summed E-state index contributed by atoms with van der Waals surface area (Å²) in [5.41, 5.74) is -0.745. The summed E-state index contributed by atoms with van der Waals surface area (Å²) in [7, 11) is 0. The Hall–Kier alpha value is -2.51. The number of aliphatic carboxylic acids is 1. The number of carbonyl (C=O) groups is 3. The van der Waals surface area contributed by atoms with E-state index >= 15 is 0 Å². The molecule has 1 aliphatic rings. The number of benzene rings is 1. The molecular weight excluding hydrogens is 334 g/mol. The summed E-state index contributed by atoms with van der Waals surface area (Å²) in [5.74, 6) is -5.46. The Balaban J connectivity index is 2.15. The van der Waals surface area contributed by atoms with Crippen molar-refractivity contribution in [3.8, 4) is 0 Å². The van der Waals surface area contributed by atoms with E-state index in [0.717, 1.165) is 18.2 Å². The highest BCUT2D eigenvalue weighted by molar-refractivity contribution is 5.98. The van der Waals surface area contributed by atoms with Gasteiger partial charge in [-0.05, 0) is 24.5 Å². The lowest BCUT2D eigenvalue weighted by Crippen LogP contribution is -2.51. The molecule has 136 valence electrons. The van der Waals surface area contributed by atoms with Gasteiger partial charge in [-0.1, -0.05) is 19.9 Å². The van der Waals surface area contributed by atoms with Crippen LogP contribution in [0.4, 0.5) is 8.78 Å². The van der Waals surface area contributed by atoms with Crippen LogP contribution < -0.4 is 5.32 Å². The number of rotatable bonds is 5. The largest absolute Gasteiger partial charge is 0.481 e. The number of nitrogens with one attached hydrogen (secondary N) is 1. The minimum absolute atomic E-state index is 0.0569. The number of carboxylic acids is 1. The zero-order valence-corrected chi connectivity index (χ0v) is 14.0. The van der Waals surface area contributed by atoms with Crippen LogP contribution >= 0.6 is 0 Å². The van der Waals surface area contributed by atoms with Crippen LogP contribution in [0.25, 0.3) is 0 Å². The molecule has 2 atom stereocenters. The molecular formula is C17H20F2N2O4. The number of carboxylic acid groups (broad SMARTS) is 1. The highest BCUT2D eigenvalue weighted by Crippen LogP contribution is 2.20. The van der Waals surface area contributed by atoms with E-state index < -0.39 is 46.9 Å². The van der Waals surface area contributed by atoms with Crippen LogP contribution in [0.5, 0.6) is 0 Å². The van der Waals surface area contributed by atoms with Crippen molar-refractivity contribution in [2.45, 2.75) is 26.3 Å². The highest BCUT2D eigenvalue weighted by atomic mass is 19.1. The normalized spacial score (nSPS) is 18.3. The van der Waals surface area contributed by atoms with Gasteiger partial charge in [-0.3, -0.25) is 14.4 Å². The third-order valence-electron chi connectivity index (χ3n) is 4.26. The number of hydrogen-bond donors (Lipinski definition) is 2. The van der Waals surface area contributed by atoms with Gasteiger partial charge < -0.3 is 15.3 Å². The monoisotopic (exact) mass is 354 g/mol. The molecule has 0 radical (unpaired) electrons. The van der Waals surface area contributed by atoms with Gasteiger partial charge in [0.15, 0.2) is 0 Å². The molecule has 8 heteroatoms. The molecule has 2 amide bonds. The number of nitrogens with zero attached hydrogens (tertiary/aromatic N) is 1. The molecule has 0 bridgehead atoms. The Morgan fingerprint density at radius 2 is 1.84 bits per heavy atom. The average molecular weight is 354 g/mol. The van der Waals surface area contributed by atoms with Crippen molar-refractivity contribution in [3.63, 3.8) is 0 Å². The summed E-state index contributed by atoms with van der Waals surface area (Å²) in [4.78, 5) is 37.2. The molecule has 0 aromatic heterocycles. The minimum Gasteiger partial charge on any atom is -0.481 e. The maximum Gasteiger partial charge on any atom is 0.308 e. The smallest absolute Gasteiger partial charge is 0.308 e. The molecule has 2 N–H and O–H groups in total. The van der Waals surface area contributed by atoms with Gasteiger partial charge in [0.25, 0.3) is 5.91 Å². The van der Waals surface area contributed by atoms with E-state index in [0.29, 0.717) is 6.42 Å². The second kappa shape index (κ2) is 7.58. The molecule has 1 aromatic carbocycles. The topological polar surface area (TPSA) is 86.7 Å². The molecule has 1 aromatic rings. The van der Waals surface area contributed by atoms with E-state index in [9.17, 15) is 23.2 Å². The molecule has 2 rings (SSSR count).